The number of rotatable bonds is 17. The molecule has 6 atom stereocenters. The van der Waals surface area contributed by atoms with Gasteiger partial charge in [0.2, 0.25) is 11.8 Å². The van der Waals surface area contributed by atoms with Gasteiger partial charge in [-0.3, -0.25) is 19.7 Å². The van der Waals surface area contributed by atoms with Crippen LogP contribution in [0.15, 0.2) is 91.4 Å². The largest absolute Gasteiger partial charge is 0.486 e. The molecule has 1 saturated carbocycles. The van der Waals surface area contributed by atoms with Crippen molar-refractivity contribution in [3.8, 4) is 45.3 Å². The SMILES string of the molecule is Cc1ncccc1-c1ccc([C@H](CO)NC(=O)[C@@H]2C[C@@H](O)CN2C(=O)[C@H](C(C)C)n2cc(-c3ccc(COc4c(-c5c(Cl)c(Cl)cc6[nH]ncc56)c(C5CC5)cc5c(N6C[C@@H]7C[C@H]6CN7)nc(OC6CCOCC6)nc45)cc3)nn2)cc1. The van der Waals surface area contributed by atoms with Crippen LogP contribution >= 0.6 is 23.2 Å². The molecule has 0 unspecified atom stereocenters. The number of amides is 2. The number of hydrogen-bond acceptors (Lipinski definition) is 15. The van der Waals surface area contributed by atoms with Crippen molar-refractivity contribution in [3.63, 3.8) is 0 Å². The normalized spacial score (nSPS) is 20.8. The molecular formula is C61H64Cl2N12O7. The number of halogens is 2. The van der Waals surface area contributed by atoms with E-state index in [0.29, 0.717) is 57.4 Å². The van der Waals surface area contributed by atoms with Crippen LogP contribution in [0.2, 0.25) is 10.0 Å². The fraction of sp³-hybridized carbons (Fsp3) is 0.410. The van der Waals surface area contributed by atoms with Crippen molar-refractivity contribution in [3.05, 3.63) is 124 Å². The maximum absolute atomic E-state index is 14.7. The molecule has 0 radical (unpaired) electrons. The van der Waals surface area contributed by atoms with Gasteiger partial charge in [-0.15, -0.1) is 5.10 Å². The second kappa shape index (κ2) is 22.5. The summed E-state index contributed by atoms with van der Waals surface area (Å²) in [5.41, 5.74) is 9.64. The summed E-state index contributed by atoms with van der Waals surface area (Å²) in [5.74, 6) is 0.501. The summed E-state index contributed by atoms with van der Waals surface area (Å²) >= 11 is 14.3. The Bertz CT molecular complexity index is 3700. The Morgan fingerprint density at radius 3 is 2.45 bits per heavy atom. The lowest BCUT2D eigenvalue weighted by Crippen LogP contribution is -2.50. The number of piperazine rings is 1. The van der Waals surface area contributed by atoms with Gasteiger partial charge in [0, 0.05) is 95.9 Å². The van der Waals surface area contributed by atoms with E-state index in [1.807, 2.05) is 81.4 Å². The minimum Gasteiger partial charge on any atom is -0.486 e. The van der Waals surface area contributed by atoms with Gasteiger partial charge in [0.1, 0.15) is 41.8 Å². The Morgan fingerprint density at radius 1 is 0.939 bits per heavy atom. The highest BCUT2D eigenvalue weighted by Crippen LogP contribution is 2.55. The number of aryl methyl sites for hydroxylation is 1. The molecule has 8 aromatic rings. The molecule has 2 bridgehead atoms. The van der Waals surface area contributed by atoms with Crippen LogP contribution in [0.25, 0.3) is 55.3 Å². The van der Waals surface area contributed by atoms with E-state index in [4.69, 9.17) is 47.4 Å². The van der Waals surface area contributed by atoms with Crippen LogP contribution in [-0.2, 0) is 20.9 Å². The molecule has 2 amide bonds. The maximum atomic E-state index is 14.7. The number of aliphatic hydroxyl groups is 2. The lowest BCUT2D eigenvalue weighted by Gasteiger charge is -2.31. The minimum atomic E-state index is -0.980. The zero-order chi connectivity index (χ0) is 56.3. The second-order valence-electron chi connectivity index (χ2n) is 22.8. The van der Waals surface area contributed by atoms with E-state index in [1.165, 1.54) is 4.90 Å². The van der Waals surface area contributed by atoms with Crippen LogP contribution < -0.4 is 25.0 Å². The van der Waals surface area contributed by atoms with E-state index in [9.17, 15) is 19.8 Å². The van der Waals surface area contributed by atoms with Gasteiger partial charge >= 0.3 is 6.01 Å². The third kappa shape index (κ3) is 10.4. The van der Waals surface area contributed by atoms with E-state index in [0.717, 1.165) is 106 Å². The number of nitrogens with zero attached hydrogens (tertiary/aromatic N) is 9. The Kier molecular flexibility index (Phi) is 14.8. The number of ether oxygens (including phenoxy) is 3. The molecule has 13 rings (SSSR count). The van der Waals surface area contributed by atoms with Gasteiger partial charge in [0.05, 0.1) is 59.9 Å². The quantitative estimate of drug-likeness (QED) is 0.0574. The van der Waals surface area contributed by atoms with Gasteiger partial charge in [-0.2, -0.15) is 15.1 Å². The standard InChI is InChI=1S/C61H64Cl2N12O7/c1-32(2)56(60(79)74-28-41(77)22-51(74)59(78)67-50(30-76)38-14-12-35(13-15-38)43-5-4-18-64-33(43)3)75-29-49(71-72-75)37-8-6-34(7-9-37)31-81-57-53(52-46-26-66-70-48(46)24-47(62)54(52)63)44(36-10-11-36)23-45-55(57)68-61(82-42-16-19-80-20-17-42)69-58(45)73-27-39-21-40(73)25-65-39/h4-9,12-15,18,23-24,26,29,32,36,39-42,50-51,56,65,76-77H,10-11,16-17,19-22,25,27-28,30-31H2,1-3H3,(H,66,70)(H,67,78)/t39-,40-,41+,50-,51-,56-/m0/s1. The minimum absolute atomic E-state index is 0.0352. The van der Waals surface area contributed by atoms with Crippen molar-refractivity contribution in [1.82, 2.24) is 55.7 Å². The third-order valence-corrected chi connectivity index (χ3v) is 17.7. The molecule has 19 nitrogen and oxygen atoms in total. The molecule has 82 heavy (non-hydrogen) atoms. The lowest BCUT2D eigenvalue weighted by atomic mass is 9.91. The molecule has 4 saturated heterocycles. The van der Waals surface area contributed by atoms with E-state index in [-0.39, 0.29) is 62.1 Å². The van der Waals surface area contributed by atoms with E-state index in [2.05, 4.69) is 47.1 Å². The summed E-state index contributed by atoms with van der Waals surface area (Å²) < 4.78 is 21.1. The monoisotopic (exact) mass is 1150 g/mol. The summed E-state index contributed by atoms with van der Waals surface area (Å²) in [4.78, 5) is 47.4. The summed E-state index contributed by atoms with van der Waals surface area (Å²) in [6.07, 6.45) is 8.76. The fourth-order valence-electron chi connectivity index (χ4n) is 12.5. The first kappa shape index (κ1) is 54.0. The number of hydrogen-bond donors (Lipinski definition) is 5. The smallest absolute Gasteiger partial charge is 0.319 e. The molecule has 5 N–H and O–H groups in total. The number of H-pyrrole nitrogens is 1. The van der Waals surface area contributed by atoms with Gasteiger partial charge in [-0.25, -0.2) is 4.68 Å². The van der Waals surface area contributed by atoms with Crippen molar-refractivity contribution in [1.29, 1.82) is 0 Å². The first-order valence-corrected chi connectivity index (χ1v) is 29.1. The van der Waals surface area contributed by atoms with Crippen molar-refractivity contribution >= 4 is 62.6 Å². The molecule has 424 valence electrons. The summed E-state index contributed by atoms with van der Waals surface area (Å²) in [5, 5.41) is 47.0. The van der Waals surface area contributed by atoms with Crippen LogP contribution in [-0.4, -0.2) is 137 Å². The number of benzene rings is 4. The number of carbonyl (C=O) groups is 2. The number of fused-ring (bicyclic) bond motifs is 4. The molecule has 1 aliphatic carbocycles. The number of nitrogens with one attached hydrogen (secondary N) is 3. The Hall–Kier alpha value is -7.26. The van der Waals surface area contributed by atoms with Crippen molar-refractivity contribution in [2.24, 2.45) is 5.92 Å². The highest BCUT2D eigenvalue weighted by Gasteiger charge is 2.44. The zero-order valence-electron chi connectivity index (χ0n) is 45.8. The molecule has 5 aliphatic rings. The number of anilines is 1. The molecule has 21 heteroatoms. The summed E-state index contributed by atoms with van der Waals surface area (Å²) in [7, 11) is 0. The van der Waals surface area contributed by atoms with Crippen LogP contribution in [0.5, 0.6) is 11.8 Å². The van der Waals surface area contributed by atoms with Gasteiger partial charge in [-0.05, 0) is 78.5 Å². The first-order valence-electron chi connectivity index (χ1n) is 28.4. The number of aromatic nitrogens is 8. The van der Waals surface area contributed by atoms with Crippen molar-refractivity contribution in [2.75, 3.05) is 44.4 Å². The Labute approximate surface area is 483 Å². The van der Waals surface area contributed by atoms with Crippen LogP contribution in [0.4, 0.5) is 5.82 Å². The molecule has 4 aromatic carbocycles. The number of likely N-dealkylation sites (tertiary alicyclic amines) is 1. The number of carbonyl (C=O) groups excluding carboxylic acids is 2. The molecule has 4 aliphatic heterocycles. The number of pyridine rings is 1. The van der Waals surface area contributed by atoms with Crippen molar-refractivity contribution < 1.29 is 34.0 Å². The topological polar surface area (TPSA) is 231 Å². The molecular weight excluding hydrogens is 1080 g/mol. The van der Waals surface area contributed by atoms with Gasteiger partial charge in [0.25, 0.3) is 0 Å². The van der Waals surface area contributed by atoms with E-state index < -0.39 is 30.1 Å². The predicted octanol–water partition coefficient (Wildman–Crippen LogP) is 8.68. The third-order valence-electron chi connectivity index (χ3n) is 16.9. The highest BCUT2D eigenvalue weighted by atomic mass is 35.5. The Morgan fingerprint density at radius 2 is 1.73 bits per heavy atom. The maximum Gasteiger partial charge on any atom is 0.319 e. The van der Waals surface area contributed by atoms with Gasteiger partial charge in [-0.1, -0.05) is 96.9 Å². The van der Waals surface area contributed by atoms with E-state index in [1.54, 1.807) is 29.3 Å². The molecule has 8 heterocycles. The number of aliphatic hydroxyl groups excluding tert-OH is 2. The zero-order valence-corrected chi connectivity index (χ0v) is 47.3. The summed E-state index contributed by atoms with van der Waals surface area (Å²) in [6.45, 7) is 8.40. The Balaban J connectivity index is 0.781. The average molecular weight is 1150 g/mol. The summed E-state index contributed by atoms with van der Waals surface area (Å²) in [6, 6.07) is 21.7. The first-order chi connectivity index (χ1) is 39.9. The lowest BCUT2D eigenvalue weighted by molar-refractivity contribution is -0.142. The predicted molar refractivity (Wildman–Crippen MR) is 311 cm³/mol. The van der Waals surface area contributed by atoms with Gasteiger partial charge in [0.15, 0.2) is 5.75 Å². The second-order valence-corrected chi connectivity index (χ2v) is 23.6. The number of β-amino-alcohol motifs (C(OH)–C–C–N with tert-alkyl or cyclic N) is 1. The van der Waals surface area contributed by atoms with Crippen molar-refractivity contribution in [2.45, 2.75) is 114 Å². The van der Waals surface area contributed by atoms with E-state index >= 15 is 0 Å². The van der Waals surface area contributed by atoms with Crippen LogP contribution in [0, 0.1) is 12.8 Å². The highest BCUT2D eigenvalue weighted by molar-refractivity contribution is 6.45. The van der Waals surface area contributed by atoms with Gasteiger partial charge < -0.3 is 44.9 Å². The molecule has 0 spiro atoms. The average Bonchev–Trinajstić information content (AvgIpc) is 4.17. The fourth-order valence-corrected chi connectivity index (χ4v) is 12.9. The van der Waals surface area contributed by atoms with Crippen LogP contribution in [0.1, 0.15) is 92.8 Å². The number of aromatic amines is 1. The van der Waals surface area contributed by atoms with Crippen LogP contribution in [0.3, 0.4) is 0 Å². The molecule has 5 fully saturated rings. The molecule has 4 aromatic heterocycles.